The third-order valence-corrected chi connectivity index (χ3v) is 6.72. The van der Waals surface area contributed by atoms with Crippen LogP contribution in [0.5, 0.6) is 5.75 Å². The lowest BCUT2D eigenvalue weighted by atomic mass is 9.83. The molecule has 3 aliphatic rings. The van der Waals surface area contributed by atoms with E-state index < -0.39 is 0 Å². The highest BCUT2D eigenvalue weighted by molar-refractivity contribution is 5.27. The third kappa shape index (κ3) is 3.78. The highest BCUT2D eigenvalue weighted by Gasteiger charge is 2.55. The molecule has 0 saturated carbocycles. The molecule has 2 atom stereocenters. The lowest BCUT2D eigenvalue weighted by Crippen LogP contribution is -2.77. The first-order valence-corrected chi connectivity index (χ1v) is 10.5. The van der Waals surface area contributed by atoms with Gasteiger partial charge in [-0.1, -0.05) is 18.2 Å². The van der Waals surface area contributed by atoms with E-state index >= 15 is 0 Å². The fraction of sp³-hybridized carbons (Fsp3) is 0.522. The van der Waals surface area contributed by atoms with Crippen LogP contribution in [0.2, 0.25) is 0 Å². The van der Waals surface area contributed by atoms with Gasteiger partial charge in [-0.3, -0.25) is 19.7 Å². The van der Waals surface area contributed by atoms with E-state index in [0.717, 1.165) is 58.0 Å². The fourth-order valence-electron chi connectivity index (χ4n) is 5.55. The van der Waals surface area contributed by atoms with Crippen molar-refractivity contribution in [2.75, 3.05) is 39.8 Å². The van der Waals surface area contributed by atoms with Crippen molar-refractivity contribution in [3.63, 3.8) is 0 Å². The molecule has 1 aromatic carbocycles. The number of β-amino-alcohol motifs (C(OH)–C–C–N with tert-alkyl or cyclic N) is 1. The van der Waals surface area contributed by atoms with Gasteiger partial charge in [0.15, 0.2) is 0 Å². The Morgan fingerprint density at radius 2 is 1.79 bits per heavy atom. The number of hydrogen-bond acceptors (Lipinski definition) is 6. The number of methoxy groups -OCH3 is 1. The molecule has 3 aliphatic heterocycles. The van der Waals surface area contributed by atoms with Crippen LogP contribution >= 0.6 is 0 Å². The number of rotatable bonds is 5. The van der Waals surface area contributed by atoms with Crippen molar-refractivity contribution in [2.45, 2.75) is 37.2 Å². The number of aliphatic hydroxyl groups is 1. The van der Waals surface area contributed by atoms with Gasteiger partial charge in [-0.15, -0.1) is 0 Å². The first kappa shape index (κ1) is 19.0. The Kier molecular flexibility index (Phi) is 5.04. The standard InChI is InChI=1S/C23H30N4O2/c1-29-22-6-4-18(5-7-22)11-26-16-23(17-26)15-25(12-19-3-2-8-24-10-19)13-20-9-21(28)14-27(20)23/h2-8,10,20-21,28H,9,11-17H2,1H3. The molecule has 3 fully saturated rings. The number of aromatic nitrogens is 1. The van der Waals surface area contributed by atoms with Gasteiger partial charge in [0.05, 0.1) is 18.8 Å². The van der Waals surface area contributed by atoms with Crippen molar-refractivity contribution >= 4 is 0 Å². The monoisotopic (exact) mass is 394 g/mol. The second-order valence-corrected chi connectivity index (χ2v) is 8.94. The Labute approximate surface area is 172 Å². The smallest absolute Gasteiger partial charge is 0.118 e. The zero-order valence-corrected chi connectivity index (χ0v) is 17.1. The molecule has 2 unspecified atom stereocenters. The van der Waals surface area contributed by atoms with Crippen LogP contribution in [-0.2, 0) is 13.1 Å². The number of aliphatic hydroxyl groups excluding tert-OH is 1. The maximum atomic E-state index is 10.3. The maximum absolute atomic E-state index is 10.3. The van der Waals surface area contributed by atoms with Crippen molar-refractivity contribution in [1.82, 2.24) is 19.7 Å². The highest BCUT2D eigenvalue weighted by atomic mass is 16.5. The molecule has 154 valence electrons. The third-order valence-electron chi connectivity index (χ3n) is 6.72. The van der Waals surface area contributed by atoms with Crippen LogP contribution in [0.25, 0.3) is 0 Å². The Hall–Kier alpha value is -1.99. The summed E-state index contributed by atoms with van der Waals surface area (Å²) in [7, 11) is 1.70. The molecule has 6 nitrogen and oxygen atoms in total. The Balaban J connectivity index is 1.27. The number of pyridine rings is 1. The first-order valence-electron chi connectivity index (χ1n) is 10.5. The number of nitrogens with zero attached hydrogens (tertiary/aromatic N) is 4. The Morgan fingerprint density at radius 3 is 2.52 bits per heavy atom. The molecule has 6 heteroatoms. The summed E-state index contributed by atoms with van der Waals surface area (Å²) in [5.41, 5.74) is 2.75. The van der Waals surface area contributed by atoms with Crippen molar-refractivity contribution in [2.24, 2.45) is 0 Å². The molecule has 1 spiro atoms. The summed E-state index contributed by atoms with van der Waals surface area (Å²) in [4.78, 5) is 12.0. The van der Waals surface area contributed by atoms with Gasteiger partial charge in [0, 0.05) is 64.2 Å². The lowest BCUT2D eigenvalue weighted by Gasteiger charge is -2.61. The Morgan fingerprint density at radius 1 is 1.03 bits per heavy atom. The van der Waals surface area contributed by atoms with Crippen molar-refractivity contribution in [1.29, 1.82) is 0 Å². The van der Waals surface area contributed by atoms with Crippen molar-refractivity contribution in [3.8, 4) is 5.75 Å². The SMILES string of the molecule is COc1ccc(CN2CC3(CN(Cc4cccnc4)CC4CC(O)CN43)C2)cc1. The molecule has 2 aromatic rings. The van der Waals surface area contributed by atoms with Gasteiger partial charge in [0.25, 0.3) is 0 Å². The molecule has 5 rings (SSSR count). The molecular formula is C23H30N4O2. The second-order valence-electron chi connectivity index (χ2n) is 8.94. The van der Waals surface area contributed by atoms with E-state index in [4.69, 9.17) is 4.74 Å². The molecule has 0 radical (unpaired) electrons. The Bertz CT molecular complexity index is 823. The number of piperazine rings is 1. The predicted molar refractivity (Wildman–Crippen MR) is 112 cm³/mol. The van der Waals surface area contributed by atoms with Gasteiger partial charge in [-0.25, -0.2) is 0 Å². The second kappa shape index (κ2) is 7.69. The summed E-state index contributed by atoms with van der Waals surface area (Å²) in [6.07, 6.45) is 4.51. The van der Waals surface area contributed by atoms with Crippen molar-refractivity contribution < 1.29 is 9.84 Å². The topological polar surface area (TPSA) is 52.1 Å². The first-order chi connectivity index (χ1) is 14.1. The predicted octanol–water partition coefficient (Wildman–Crippen LogP) is 1.60. The number of likely N-dealkylation sites (tertiary alicyclic amines) is 1. The van der Waals surface area contributed by atoms with E-state index in [1.807, 2.05) is 30.6 Å². The average molecular weight is 395 g/mol. The molecule has 4 heterocycles. The van der Waals surface area contributed by atoms with E-state index in [0.29, 0.717) is 6.04 Å². The summed E-state index contributed by atoms with van der Waals surface area (Å²) in [5, 5.41) is 10.3. The van der Waals surface area contributed by atoms with Gasteiger partial charge >= 0.3 is 0 Å². The van der Waals surface area contributed by atoms with E-state index in [1.165, 1.54) is 11.1 Å². The van der Waals surface area contributed by atoms with Crippen LogP contribution < -0.4 is 4.74 Å². The van der Waals surface area contributed by atoms with Gasteiger partial charge < -0.3 is 9.84 Å². The molecule has 1 N–H and O–H groups in total. The van der Waals surface area contributed by atoms with E-state index in [2.05, 4.69) is 37.9 Å². The van der Waals surface area contributed by atoms with Gasteiger partial charge in [-0.05, 0) is 35.7 Å². The molecule has 0 bridgehead atoms. The molecule has 0 amide bonds. The average Bonchev–Trinajstić information content (AvgIpc) is 3.09. The van der Waals surface area contributed by atoms with Crippen LogP contribution in [0.4, 0.5) is 0 Å². The number of fused-ring (bicyclic) bond motifs is 2. The normalized spacial score (nSPS) is 27.0. The molecule has 3 saturated heterocycles. The molecular weight excluding hydrogens is 364 g/mol. The fourth-order valence-corrected chi connectivity index (χ4v) is 5.55. The molecule has 0 aliphatic carbocycles. The summed E-state index contributed by atoms with van der Waals surface area (Å²) >= 11 is 0. The lowest BCUT2D eigenvalue weighted by molar-refractivity contribution is -0.118. The van der Waals surface area contributed by atoms with Crippen LogP contribution in [-0.4, -0.2) is 82.3 Å². The number of ether oxygens (including phenoxy) is 1. The van der Waals surface area contributed by atoms with Crippen LogP contribution in [0.3, 0.4) is 0 Å². The molecule has 29 heavy (non-hydrogen) atoms. The summed E-state index contributed by atoms with van der Waals surface area (Å²) in [6.45, 7) is 6.94. The summed E-state index contributed by atoms with van der Waals surface area (Å²) in [6, 6.07) is 13.0. The van der Waals surface area contributed by atoms with Crippen molar-refractivity contribution in [3.05, 3.63) is 59.9 Å². The van der Waals surface area contributed by atoms with Gasteiger partial charge in [0.1, 0.15) is 5.75 Å². The van der Waals surface area contributed by atoms with Gasteiger partial charge in [0.2, 0.25) is 0 Å². The van der Waals surface area contributed by atoms with Crippen LogP contribution in [0.15, 0.2) is 48.8 Å². The quantitative estimate of drug-likeness (QED) is 0.831. The number of hydrogen-bond donors (Lipinski definition) is 1. The zero-order valence-electron chi connectivity index (χ0n) is 17.1. The van der Waals surface area contributed by atoms with E-state index in [9.17, 15) is 5.11 Å². The minimum atomic E-state index is -0.189. The largest absolute Gasteiger partial charge is 0.497 e. The minimum absolute atomic E-state index is 0.162. The van der Waals surface area contributed by atoms with E-state index in [1.54, 1.807) is 7.11 Å². The van der Waals surface area contributed by atoms with Crippen LogP contribution in [0, 0.1) is 0 Å². The minimum Gasteiger partial charge on any atom is -0.497 e. The zero-order chi connectivity index (χ0) is 19.8. The highest BCUT2D eigenvalue weighted by Crippen LogP contribution is 2.39. The summed E-state index contributed by atoms with van der Waals surface area (Å²) < 4.78 is 5.27. The van der Waals surface area contributed by atoms with Crippen LogP contribution in [0.1, 0.15) is 17.5 Å². The van der Waals surface area contributed by atoms with E-state index in [-0.39, 0.29) is 11.6 Å². The number of benzene rings is 1. The maximum Gasteiger partial charge on any atom is 0.118 e. The molecule has 1 aromatic heterocycles. The van der Waals surface area contributed by atoms with Gasteiger partial charge in [-0.2, -0.15) is 0 Å². The summed E-state index contributed by atoms with van der Waals surface area (Å²) in [5.74, 6) is 0.904.